The van der Waals surface area contributed by atoms with Crippen LogP contribution in [0.15, 0.2) is 72.8 Å². The van der Waals surface area contributed by atoms with Crippen LogP contribution < -0.4 is 15.5 Å². The third-order valence-electron chi connectivity index (χ3n) is 9.66. The van der Waals surface area contributed by atoms with E-state index in [1.165, 1.54) is 48.5 Å². The molecule has 6 atom stereocenters. The Balaban J connectivity index is 1.06. The van der Waals surface area contributed by atoms with Gasteiger partial charge in [-0.15, -0.1) is 0 Å². The summed E-state index contributed by atoms with van der Waals surface area (Å²) in [5.74, 6) is -2.84. The Morgan fingerprint density at radius 1 is 0.672 bits per heavy atom. The zero-order chi connectivity index (χ0) is 44.3. The number of carbonyl (C=O) groups excluding carboxylic acids is 4. The first-order valence-electron chi connectivity index (χ1n) is 19.6. The van der Waals surface area contributed by atoms with Gasteiger partial charge in [-0.2, -0.15) is 0 Å². The van der Waals surface area contributed by atoms with Gasteiger partial charge in [-0.1, -0.05) is 36.4 Å². The topological polar surface area (TPSA) is 254 Å². The van der Waals surface area contributed by atoms with Crippen LogP contribution in [0.1, 0.15) is 48.1 Å². The second-order valence-corrected chi connectivity index (χ2v) is 14.2. The van der Waals surface area contributed by atoms with Gasteiger partial charge >= 0.3 is 0 Å². The van der Waals surface area contributed by atoms with E-state index in [9.17, 15) is 48.4 Å². The Morgan fingerprint density at radius 2 is 1.23 bits per heavy atom. The SMILES string of the molecule is O=C(COCCOCCNC(=O)COCCOCC(=O)NCc1ccc(C2C(CCC(O)c3ccc(F)cc3)C(=O)N2c2ccc(F)cc2)cc1)CC(O)C(O)C(O)C(O)O. The second kappa shape index (κ2) is 25.2. The number of nitrogens with zero attached hydrogens (tertiary/aromatic N) is 1. The smallest absolute Gasteiger partial charge is 0.246 e. The van der Waals surface area contributed by atoms with Crippen molar-refractivity contribution in [2.75, 3.05) is 64.3 Å². The second-order valence-electron chi connectivity index (χ2n) is 14.2. The summed E-state index contributed by atoms with van der Waals surface area (Å²) in [6.07, 6.45) is -8.79. The molecule has 334 valence electrons. The highest BCUT2D eigenvalue weighted by atomic mass is 19.1. The Labute approximate surface area is 350 Å². The number of Topliss-reactive ketones (excluding diaryl/α,β-unsaturated/α-hetero) is 1. The fourth-order valence-electron chi connectivity index (χ4n) is 6.36. The lowest BCUT2D eigenvalue weighted by atomic mass is 9.78. The third kappa shape index (κ3) is 15.9. The summed E-state index contributed by atoms with van der Waals surface area (Å²) in [6.45, 7) is -0.154. The largest absolute Gasteiger partial charge is 0.390 e. The first-order chi connectivity index (χ1) is 29.2. The van der Waals surface area contributed by atoms with Crippen molar-refractivity contribution in [1.29, 1.82) is 0 Å². The van der Waals surface area contributed by atoms with E-state index >= 15 is 0 Å². The van der Waals surface area contributed by atoms with Crippen LogP contribution >= 0.6 is 0 Å². The lowest BCUT2D eigenvalue weighted by molar-refractivity contribution is -0.178. The molecule has 8 N–H and O–H groups in total. The fraction of sp³-hybridized carbons (Fsp3) is 0.476. The molecule has 3 amide bonds. The number of rotatable bonds is 28. The highest BCUT2D eigenvalue weighted by Crippen LogP contribution is 2.46. The Morgan fingerprint density at radius 3 is 1.84 bits per heavy atom. The van der Waals surface area contributed by atoms with Gasteiger partial charge in [0, 0.05) is 25.2 Å². The summed E-state index contributed by atoms with van der Waals surface area (Å²) >= 11 is 0. The number of benzene rings is 3. The average molecular weight is 862 g/mol. The van der Waals surface area contributed by atoms with Gasteiger partial charge in [-0.05, 0) is 65.9 Å². The molecule has 0 saturated carbocycles. The molecule has 3 aromatic rings. The van der Waals surface area contributed by atoms with E-state index < -0.39 is 73.0 Å². The van der Waals surface area contributed by atoms with E-state index in [4.69, 9.17) is 29.2 Å². The molecule has 17 nitrogen and oxygen atoms in total. The number of ketones is 1. The zero-order valence-corrected chi connectivity index (χ0v) is 33.3. The Kier molecular flexibility index (Phi) is 20.2. The molecular formula is C42H53F2N3O14. The number of amides is 3. The van der Waals surface area contributed by atoms with Crippen molar-refractivity contribution in [3.63, 3.8) is 0 Å². The van der Waals surface area contributed by atoms with Crippen molar-refractivity contribution in [3.05, 3.63) is 101 Å². The van der Waals surface area contributed by atoms with Crippen molar-refractivity contribution < 1.29 is 77.5 Å². The number of aliphatic hydroxyl groups excluding tert-OH is 5. The minimum Gasteiger partial charge on any atom is -0.390 e. The number of ether oxygens (including phenoxy) is 4. The van der Waals surface area contributed by atoms with Crippen molar-refractivity contribution in [2.45, 2.75) is 62.6 Å². The van der Waals surface area contributed by atoms with Crippen molar-refractivity contribution in [1.82, 2.24) is 10.6 Å². The first kappa shape index (κ1) is 48.9. The number of anilines is 1. The van der Waals surface area contributed by atoms with E-state index in [1.807, 2.05) is 24.3 Å². The van der Waals surface area contributed by atoms with E-state index in [1.54, 1.807) is 4.90 Å². The maximum absolute atomic E-state index is 13.7. The lowest BCUT2D eigenvalue weighted by Gasteiger charge is -2.48. The minimum absolute atomic E-state index is 0.0204. The van der Waals surface area contributed by atoms with Crippen LogP contribution in [0.2, 0.25) is 0 Å². The molecule has 0 aromatic heterocycles. The van der Waals surface area contributed by atoms with Gasteiger partial charge in [0.15, 0.2) is 12.1 Å². The molecule has 1 heterocycles. The molecule has 1 aliphatic heterocycles. The molecule has 4 rings (SSSR count). The fourth-order valence-corrected chi connectivity index (χ4v) is 6.36. The van der Waals surface area contributed by atoms with Crippen LogP contribution in [0.4, 0.5) is 14.5 Å². The Hall–Kier alpha value is -4.80. The minimum atomic E-state index is -2.28. The third-order valence-corrected chi connectivity index (χ3v) is 9.66. The maximum Gasteiger partial charge on any atom is 0.246 e. The number of β-lactam (4-membered cyclic amide) rings is 1. The predicted molar refractivity (Wildman–Crippen MR) is 211 cm³/mol. The van der Waals surface area contributed by atoms with Crippen molar-refractivity contribution in [2.24, 2.45) is 5.92 Å². The lowest BCUT2D eigenvalue weighted by Crippen LogP contribution is -2.55. The van der Waals surface area contributed by atoms with Gasteiger partial charge in [-0.25, -0.2) is 8.78 Å². The number of hydrogen-bond acceptors (Lipinski definition) is 14. The summed E-state index contributed by atoms with van der Waals surface area (Å²) in [6, 6.07) is 18.2. The highest BCUT2D eigenvalue weighted by molar-refractivity contribution is 6.03. The molecule has 1 saturated heterocycles. The van der Waals surface area contributed by atoms with Gasteiger partial charge in [0.25, 0.3) is 0 Å². The summed E-state index contributed by atoms with van der Waals surface area (Å²) < 4.78 is 48.0. The zero-order valence-electron chi connectivity index (χ0n) is 33.3. The summed E-state index contributed by atoms with van der Waals surface area (Å²) in [5, 5.41) is 62.3. The molecule has 0 spiro atoms. The van der Waals surface area contributed by atoms with Crippen LogP contribution in [0.25, 0.3) is 0 Å². The van der Waals surface area contributed by atoms with Gasteiger partial charge in [0.05, 0.1) is 57.2 Å². The molecule has 1 aliphatic rings. The molecule has 0 aliphatic carbocycles. The monoisotopic (exact) mass is 861 g/mol. The van der Waals surface area contributed by atoms with E-state index in [-0.39, 0.29) is 83.6 Å². The molecule has 0 radical (unpaired) electrons. The number of carbonyl (C=O) groups is 4. The number of aliphatic hydroxyl groups is 6. The number of halogens is 2. The molecule has 19 heteroatoms. The van der Waals surface area contributed by atoms with E-state index in [2.05, 4.69) is 10.6 Å². The molecule has 0 bridgehead atoms. The van der Waals surface area contributed by atoms with Gasteiger partial charge in [0.2, 0.25) is 17.7 Å². The summed E-state index contributed by atoms with van der Waals surface area (Å²) in [4.78, 5) is 51.1. The molecule has 3 aromatic carbocycles. The first-order valence-corrected chi connectivity index (χ1v) is 19.6. The molecule has 61 heavy (non-hydrogen) atoms. The van der Waals surface area contributed by atoms with Crippen LogP contribution in [-0.2, 0) is 44.7 Å². The predicted octanol–water partition coefficient (Wildman–Crippen LogP) is 0.334. The quantitative estimate of drug-likeness (QED) is 0.0279. The summed E-state index contributed by atoms with van der Waals surface area (Å²) in [5.41, 5.74) is 2.69. The van der Waals surface area contributed by atoms with Gasteiger partial charge in [-0.3, -0.25) is 19.2 Å². The van der Waals surface area contributed by atoms with E-state index in [0.717, 1.165) is 11.1 Å². The standard InChI is InChI=1S/C42H53F2N3O14/c43-29-7-5-27(6-8-29)34(49)14-13-33-38(47(41(33)55)31-11-9-30(44)10-12-31)28-3-1-26(2-4-28)22-46-37(52)25-61-20-19-60-24-36(51)45-15-16-58-17-18-59-23-32(48)21-35(50)39(53)40(54)42(56)57/h1-12,33-35,38-40,42,49-50,53-54,56-57H,13-25H2,(H,45,51)(H,46,52). The van der Waals surface area contributed by atoms with Crippen LogP contribution in [0, 0.1) is 17.6 Å². The summed E-state index contributed by atoms with van der Waals surface area (Å²) in [7, 11) is 0. The number of hydrogen-bond donors (Lipinski definition) is 8. The van der Waals surface area contributed by atoms with Crippen LogP contribution in [0.5, 0.6) is 0 Å². The van der Waals surface area contributed by atoms with Crippen molar-refractivity contribution in [3.8, 4) is 0 Å². The Bertz CT molecular complexity index is 1820. The molecular weight excluding hydrogens is 808 g/mol. The van der Waals surface area contributed by atoms with Gasteiger partial charge in [0.1, 0.15) is 43.7 Å². The maximum atomic E-state index is 13.7. The van der Waals surface area contributed by atoms with E-state index in [0.29, 0.717) is 17.7 Å². The van der Waals surface area contributed by atoms with Crippen LogP contribution in [-0.4, -0.2) is 138 Å². The highest BCUT2D eigenvalue weighted by Gasteiger charge is 2.48. The average Bonchev–Trinajstić information content (AvgIpc) is 3.24. The molecule has 1 fully saturated rings. The van der Waals surface area contributed by atoms with Crippen LogP contribution in [0.3, 0.4) is 0 Å². The van der Waals surface area contributed by atoms with Crippen molar-refractivity contribution >= 4 is 29.2 Å². The number of nitrogens with one attached hydrogen (secondary N) is 2. The molecule has 6 unspecified atom stereocenters. The normalized spacial score (nSPS) is 17.1. The van der Waals surface area contributed by atoms with Gasteiger partial charge < -0.3 is 65.1 Å².